The highest BCUT2D eigenvalue weighted by molar-refractivity contribution is 5.76. The monoisotopic (exact) mass is 350 g/mol. The predicted molar refractivity (Wildman–Crippen MR) is 84.1 cm³/mol. The van der Waals surface area contributed by atoms with Crippen molar-refractivity contribution < 1.29 is 18.3 Å². The minimum absolute atomic E-state index is 0.177. The summed E-state index contributed by atoms with van der Waals surface area (Å²) in [5.41, 5.74) is 0.500. The van der Waals surface area contributed by atoms with Crippen LogP contribution in [0.5, 0.6) is 5.88 Å². The second-order valence-electron chi connectivity index (χ2n) is 5.67. The van der Waals surface area contributed by atoms with Gasteiger partial charge in [0, 0.05) is 29.9 Å². The first-order valence-electron chi connectivity index (χ1n) is 7.80. The van der Waals surface area contributed by atoms with Crippen LogP contribution in [-0.2, 0) is 11.3 Å². The normalized spacial score (nSPS) is 14.2. The molecule has 1 aliphatic rings. The molecule has 0 atom stereocenters. The number of amides is 1. The summed E-state index contributed by atoms with van der Waals surface area (Å²) in [5, 5.41) is 6.98. The van der Waals surface area contributed by atoms with Crippen LogP contribution in [0.1, 0.15) is 19.3 Å². The van der Waals surface area contributed by atoms with Crippen LogP contribution < -0.4 is 15.6 Å². The maximum Gasteiger partial charge on any atom is 0.388 e. The zero-order chi connectivity index (χ0) is 17.8. The van der Waals surface area contributed by atoms with Crippen LogP contribution in [0.2, 0.25) is 0 Å². The summed E-state index contributed by atoms with van der Waals surface area (Å²) in [7, 11) is 0. The third-order valence-electron chi connectivity index (χ3n) is 3.87. The zero-order valence-corrected chi connectivity index (χ0v) is 13.2. The molecule has 2 aromatic rings. The molecule has 1 aliphatic carbocycles. The fraction of sp³-hybridized carbons (Fsp3) is 0.375. The van der Waals surface area contributed by atoms with Crippen molar-refractivity contribution >= 4 is 5.91 Å². The van der Waals surface area contributed by atoms with Gasteiger partial charge in [-0.15, -0.1) is 0 Å². The predicted octanol–water partition coefficient (Wildman–Crippen LogP) is 1.58. The summed E-state index contributed by atoms with van der Waals surface area (Å²) in [6, 6.07) is 5.73. The Morgan fingerprint density at radius 1 is 1.32 bits per heavy atom. The van der Waals surface area contributed by atoms with Gasteiger partial charge < -0.3 is 10.1 Å². The molecule has 2 aromatic heterocycles. The number of alkyl halides is 2. The standard InChI is InChI=1S/C16H16F2N4O3/c17-16(18)25-14-6-4-10(8-19-14)12-5-7-15(24)22(21-12)9-13(23)20-11-2-1-3-11/h4-8,11,16H,1-3,9H2,(H,20,23). The van der Waals surface area contributed by atoms with Crippen molar-refractivity contribution in [1.29, 1.82) is 0 Å². The van der Waals surface area contributed by atoms with Gasteiger partial charge in [-0.1, -0.05) is 0 Å². The molecule has 132 valence electrons. The van der Waals surface area contributed by atoms with Crippen molar-refractivity contribution in [2.24, 2.45) is 0 Å². The molecule has 1 amide bonds. The Bertz CT molecular complexity index is 804. The molecular formula is C16H16F2N4O3. The van der Waals surface area contributed by atoms with Crippen LogP contribution in [0.25, 0.3) is 11.3 Å². The van der Waals surface area contributed by atoms with Gasteiger partial charge in [-0.3, -0.25) is 9.59 Å². The minimum Gasteiger partial charge on any atom is -0.417 e. The molecule has 0 spiro atoms. The Morgan fingerprint density at radius 2 is 2.12 bits per heavy atom. The highest BCUT2D eigenvalue weighted by atomic mass is 19.3. The Balaban J connectivity index is 1.74. The smallest absolute Gasteiger partial charge is 0.388 e. The van der Waals surface area contributed by atoms with Crippen LogP contribution in [0.4, 0.5) is 8.78 Å². The van der Waals surface area contributed by atoms with Crippen molar-refractivity contribution in [1.82, 2.24) is 20.1 Å². The molecule has 3 rings (SSSR count). The van der Waals surface area contributed by atoms with Gasteiger partial charge in [-0.25, -0.2) is 9.67 Å². The van der Waals surface area contributed by atoms with Crippen LogP contribution in [0.15, 0.2) is 35.3 Å². The maximum absolute atomic E-state index is 12.1. The quantitative estimate of drug-likeness (QED) is 0.855. The molecule has 1 fully saturated rings. The fourth-order valence-corrected chi connectivity index (χ4v) is 2.37. The van der Waals surface area contributed by atoms with Gasteiger partial charge in [0.05, 0.1) is 5.69 Å². The van der Waals surface area contributed by atoms with Crippen molar-refractivity contribution in [2.75, 3.05) is 0 Å². The van der Waals surface area contributed by atoms with Crippen molar-refractivity contribution in [2.45, 2.75) is 38.5 Å². The number of nitrogens with one attached hydrogen (secondary N) is 1. The van der Waals surface area contributed by atoms with Gasteiger partial charge >= 0.3 is 6.61 Å². The topological polar surface area (TPSA) is 86.1 Å². The Kier molecular flexibility index (Phi) is 5.01. The van der Waals surface area contributed by atoms with E-state index in [-0.39, 0.29) is 24.4 Å². The lowest BCUT2D eigenvalue weighted by Crippen LogP contribution is -2.42. The second-order valence-corrected chi connectivity index (χ2v) is 5.67. The van der Waals surface area contributed by atoms with Crippen molar-refractivity contribution in [3.63, 3.8) is 0 Å². The van der Waals surface area contributed by atoms with Gasteiger partial charge in [-0.05, 0) is 31.4 Å². The summed E-state index contributed by atoms with van der Waals surface area (Å²) in [6.07, 6.45) is 4.31. The van der Waals surface area contributed by atoms with E-state index in [2.05, 4.69) is 20.1 Å². The summed E-state index contributed by atoms with van der Waals surface area (Å²) in [4.78, 5) is 27.6. The maximum atomic E-state index is 12.1. The number of carbonyl (C=O) groups excluding carboxylic acids is 1. The number of hydrogen-bond acceptors (Lipinski definition) is 5. The van der Waals surface area contributed by atoms with E-state index in [0.29, 0.717) is 11.3 Å². The van der Waals surface area contributed by atoms with E-state index in [9.17, 15) is 18.4 Å². The van der Waals surface area contributed by atoms with Gasteiger partial charge in [-0.2, -0.15) is 13.9 Å². The number of ether oxygens (including phenoxy) is 1. The van der Waals surface area contributed by atoms with Gasteiger partial charge in [0.25, 0.3) is 5.56 Å². The van der Waals surface area contributed by atoms with E-state index in [4.69, 9.17) is 0 Å². The Morgan fingerprint density at radius 3 is 2.72 bits per heavy atom. The van der Waals surface area contributed by atoms with Gasteiger partial charge in [0.1, 0.15) is 6.54 Å². The average molecular weight is 350 g/mol. The molecule has 9 heteroatoms. The first kappa shape index (κ1) is 17.0. The first-order chi connectivity index (χ1) is 12.0. The second kappa shape index (κ2) is 7.37. The van der Waals surface area contributed by atoms with E-state index >= 15 is 0 Å². The minimum atomic E-state index is -2.95. The number of pyridine rings is 1. The lowest BCUT2D eigenvalue weighted by atomic mass is 9.93. The van der Waals surface area contributed by atoms with E-state index in [0.717, 1.165) is 23.9 Å². The Hall–Kier alpha value is -2.84. The molecule has 1 saturated carbocycles. The summed E-state index contributed by atoms with van der Waals surface area (Å²) in [6.45, 7) is -3.13. The molecule has 0 unspecified atom stereocenters. The summed E-state index contributed by atoms with van der Waals surface area (Å²) < 4.78 is 29.5. The zero-order valence-electron chi connectivity index (χ0n) is 13.2. The van der Waals surface area contributed by atoms with Gasteiger partial charge in [0.15, 0.2) is 0 Å². The molecular weight excluding hydrogens is 334 g/mol. The van der Waals surface area contributed by atoms with E-state index in [1.54, 1.807) is 0 Å². The van der Waals surface area contributed by atoms with Crippen molar-refractivity contribution in [3.8, 4) is 17.1 Å². The first-order valence-corrected chi connectivity index (χ1v) is 7.80. The van der Waals surface area contributed by atoms with Crippen LogP contribution in [0, 0.1) is 0 Å². The van der Waals surface area contributed by atoms with Gasteiger partial charge in [0.2, 0.25) is 11.8 Å². The molecule has 0 radical (unpaired) electrons. The van der Waals surface area contributed by atoms with Crippen LogP contribution in [-0.4, -0.2) is 33.3 Å². The molecule has 25 heavy (non-hydrogen) atoms. The average Bonchev–Trinajstić information content (AvgIpc) is 2.53. The molecule has 2 heterocycles. The number of aromatic nitrogens is 3. The number of hydrogen-bond donors (Lipinski definition) is 1. The number of carbonyl (C=O) groups is 1. The summed E-state index contributed by atoms with van der Waals surface area (Å²) >= 11 is 0. The fourth-order valence-electron chi connectivity index (χ4n) is 2.37. The molecule has 0 aliphatic heterocycles. The van der Waals surface area contributed by atoms with E-state index in [1.165, 1.54) is 30.5 Å². The number of nitrogens with zero attached hydrogens (tertiary/aromatic N) is 3. The number of halogens is 2. The highest BCUT2D eigenvalue weighted by Crippen LogP contribution is 2.19. The third-order valence-corrected chi connectivity index (χ3v) is 3.87. The van der Waals surface area contributed by atoms with Crippen molar-refractivity contribution in [3.05, 3.63) is 40.8 Å². The van der Waals surface area contributed by atoms with E-state index in [1.807, 2.05) is 0 Å². The third kappa shape index (κ3) is 4.37. The van der Waals surface area contributed by atoms with E-state index < -0.39 is 12.2 Å². The SMILES string of the molecule is O=C(Cn1nc(-c2ccc(OC(F)F)nc2)ccc1=O)NC1CCC1. The Labute approximate surface area is 141 Å². The largest absolute Gasteiger partial charge is 0.417 e. The lowest BCUT2D eigenvalue weighted by molar-refractivity contribution is -0.123. The molecule has 7 nitrogen and oxygen atoms in total. The molecule has 0 bridgehead atoms. The number of rotatable bonds is 6. The molecule has 0 aromatic carbocycles. The molecule has 1 N–H and O–H groups in total. The summed E-state index contributed by atoms with van der Waals surface area (Å²) in [5.74, 6) is -0.484. The van der Waals surface area contributed by atoms with Crippen LogP contribution in [0.3, 0.4) is 0 Å². The highest BCUT2D eigenvalue weighted by Gasteiger charge is 2.19. The lowest BCUT2D eigenvalue weighted by Gasteiger charge is -2.26. The van der Waals surface area contributed by atoms with Crippen LogP contribution >= 0.6 is 0 Å². The molecule has 0 saturated heterocycles.